The molecule has 1 aliphatic rings. The summed E-state index contributed by atoms with van der Waals surface area (Å²) < 4.78 is 5.32. The predicted octanol–water partition coefficient (Wildman–Crippen LogP) is 4.05. The van der Waals surface area contributed by atoms with Crippen LogP contribution in [0.15, 0.2) is 42.5 Å². The van der Waals surface area contributed by atoms with Gasteiger partial charge in [0.1, 0.15) is 5.75 Å². The largest absolute Gasteiger partial charge is 0.496 e. The van der Waals surface area contributed by atoms with Crippen LogP contribution < -0.4 is 10.1 Å². The Morgan fingerprint density at radius 3 is 2.54 bits per heavy atom. The smallest absolute Gasteiger partial charge is 0.255 e. The molecule has 1 fully saturated rings. The summed E-state index contributed by atoms with van der Waals surface area (Å²) in [6.45, 7) is 4.84. The summed E-state index contributed by atoms with van der Waals surface area (Å²) in [6, 6.07) is 13.9. The van der Waals surface area contributed by atoms with Crippen molar-refractivity contribution in [2.24, 2.45) is 0 Å². The molecule has 0 radical (unpaired) electrons. The van der Waals surface area contributed by atoms with Gasteiger partial charge in [-0.05, 0) is 49.6 Å². The SMILES string of the molecule is COc1ccc(C)cc1C(=O)NC1CCN(Cc2ccc(Cl)cc2)CC1. The van der Waals surface area contributed by atoms with Crippen molar-refractivity contribution in [3.63, 3.8) is 0 Å². The van der Waals surface area contributed by atoms with E-state index in [0.29, 0.717) is 11.3 Å². The van der Waals surface area contributed by atoms with Gasteiger partial charge >= 0.3 is 0 Å². The highest BCUT2D eigenvalue weighted by Gasteiger charge is 2.22. The van der Waals surface area contributed by atoms with Gasteiger partial charge in [0.2, 0.25) is 0 Å². The molecular formula is C21H25ClN2O2. The van der Waals surface area contributed by atoms with Gasteiger partial charge in [-0.15, -0.1) is 0 Å². The highest BCUT2D eigenvalue weighted by Crippen LogP contribution is 2.21. The molecular weight excluding hydrogens is 348 g/mol. The molecule has 0 atom stereocenters. The van der Waals surface area contributed by atoms with Crippen molar-refractivity contribution >= 4 is 17.5 Å². The van der Waals surface area contributed by atoms with Crippen LogP contribution in [0.5, 0.6) is 5.75 Å². The molecule has 1 saturated heterocycles. The fourth-order valence-electron chi connectivity index (χ4n) is 3.35. The maximum absolute atomic E-state index is 12.6. The van der Waals surface area contributed by atoms with Gasteiger partial charge < -0.3 is 10.1 Å². The highest BCUT2D eigenvalue weighted by molar-refractivity contribution is 6.30. The van der Waals surface area contributed by atoms with Crippen LogP contribution in [0.2, 0.25) is 5.02 Å². The number of carbonyl (C=O) groups is 1. The van der Waals surface area contributed by atoms with Crippen molar-refractivity contribution < 1.29 is 9.53 Å². The molecule has 26 heavy (non-hydrogen) atoms. The molecule has 1 N–H and O–H groups in total. The second-order valence-corrected chi connectivity index (χ2v) is 7.29. The third-order valence-electron chi connectivity index (χ3n) is 4.84. The average molecular weight is 373 g/mol. The Hall–Kier alpha value is -2.04. The number of methoxy groups -OCH3 is 1. The van der Waals surface area contributed by atoms with E-state index in [9.17, 15) is 4.79 Å². The van der Waals surface area contributed by atoms with E-state index in [1.165, 1.54) is 5.56 Å². The monoisotopic (exact) mass is 372 g/mol. The summed E-state index contributed by atoms with van der Waals surface area (Å²) in [5.74, 6) is 0.565. The topological polar surface area (TPSA) is 41.6 Å². The van der Waals surface area contributed by atoms with Crippen LogP contribution in [-0.4, -0.2) is 37.0 Å². The third-order valence-corrected chi connectivity index (χ3v) is 5.09. The van der Waals surface area contributed by atoms with E-state index in [0.717, 1.165) is 43.1 Å². The molecule has 1 amide bonds. The predicted molar refractivity (Wildman–Crippen MR) is 105 cm³/mol. The van der Waals surface area contributed by atoms with Gasteiger partial charge in [-0.2, -0.15) is 0 Å². The van der Waals surface area contributed by atoms with E-state index in [1.807, 2.05) is 37.3 Å². The standard InChI is InChI=1S/C21H25ClN2O2/c1-15-3-8-20(26-2)19(13-15)21(25)23-18-9-11-24(12-10-18)14-16-4-6-17(22)7-5-16/h3-8,13,18H,9-12,14H2,1-2H3,(H,23,25). The van der Waals surface area contributed by atoms with Crippen LogP contribution in [-0.2, 0) is 6.54 Å². The van der Waals surface area contributed by atoms with Crippen LogP contribution in [0.1, 0.15) is 34.3 Å². The van der Waals surface area contributed by atoms with Gasteiger partial charge in [-0.1, -0.05) is 35.4 Å². The Bertz CT molecular complexity index is 753. The normalized spacial score (nSPS) is 15.7. The van der Waals surface area contributed by atoms with E-state index in [1.54, 1.807) is 7.11 Å². The first kappa shape index (κ1) is 18.7. The zero-order valence-electron chi connectivity index (χ0n) is 15.3. The first-order valence-electron chi connectivity index (χ1n) is 8.97. The molecule has 0 spiro atoms. The highest BCUT2D eigenvalue weighted by atomic mass is 35.5. The second kappa shape index (κ2) is 8.56. The Kier molecular flexibility index (Phi) is 6.17. The molecule has 3 rings (SSSR count). The lowest BCUT2D eigenvalue weighted by Gasteiger charge is -2.32. The van der Waals surface area contributed by atoms with Crippen molar-refractivity contribution in [3.05, 3.63) is 64.2 Å². The molecule has 0 aliphatic carbocycles. The zero-order chi connectivity index (χ0) is 18.5. The Morgan fingerprint density at radius 2 is 1.88 bits per heavy atom. The van der Waals surface area contributed by atoms with Crippen molar-refractivity contribution in [2.45, 2.75) is 32.4 Å². The molecule has 138 valence electrons. The summed E-state index contributed by atoms with van der Waals surface area (Å²) in [7, 11) is 1.59. The quantitative estimate of drug-likeness (QED) is 0.860. The number of aryl methyl sites for hydroxylation is 1. The fraction of sp³-hybridized carbons (Fsp3) is 0.381. The molecule has 1 heterocycles. The van der Waals surface area contributed by atoms with Gasteiger partial charge in [0.05, 0.1) is 12.7 Å². The summed E-state index contributed by atoms with van der Waals surface area (Å²) in [5.41, 5.74) is 2.92. The maximum Gasteiger partial charge on any atom is 0.255 e. The summed E-state index contributed by atoms with van der Waals surface area (Å²) >= 11 is 5.94. The Balaban J connectivity index is 1.53. The number of rotatable bonds is 5. The minimum Gasteiger partial charge on any atom is -0.496 e. The van der Waals surface area contributed by atoms with Crippen molar-refractivity contribution in [1.82, 2.24) is 10.2 Å². The number of hydrogen-bond acceptors (Lipinski definition) is 3. The third kappa shape index (κ3) is 4.77. The first-order valence-corrected chi connectivity index (χ1v) is 9.35. The molecule has 1 aliphatic heterocycles. The molecule has 0 bridgehead atoms. The lowest BCUT2D eigenvalue weighted by Crippen LogP contribution is -2.44. The number of nitrogens with zero attached hydrogens (tertiary/aromatic N) is 1. The molecule has 2 aromatic carbocycles. The fourth-order valence-corrected chi connectivity index (χ4v) is 3.47. The number of halogens is 1. The molecule has 4 nitrogen and oxygen atoms in total. The number of likely N-dealkylation sites (tertiary alicyclic amines) is 1. The molecule has 0 saturated carbocycles. The van der Waals surface area contributed by atoms with Crippen molar-refractivity contribution in [1.29, 1.82) is 0 Å². The minimum atomic E-state index is -0.0540. The molecule has 0 unspecified atom stereocenters. The minimum absolute atomic E-state index is 0.0540. The van der Waals surface area contributed by atoms with Gasteiger partial charge in [-0.3, -0.25) is 9.69 Å². The average Bonchev–Trinajstić information content (AvgIpc) is 2.65. The van der Waals surface area contributed by atoms with E-state index >= 15 is 0 Å². The summed E-state index contributed by atoms with van der Waals surface area (Å²) in [5, 5.41) is 3.93. The number of piperidine rings is 1. The summed E-state index contributed by atoms with van der Waals surface area (Å²) in [4.78, 5) is 15.0. The van der Waals surface area contributed by atoms with E-state index in [4.69, 9.17) is 16.3 Å². The number of carbonyl (C=O) groups excluding carboxylic acids is 1. The van der Waals surface area contributed by atoms with Gasteiger partial charge in [0, 0.05) is 30.7 Å². The molecule has 2 aromatic rings. The van der Waals surface area contributed by atoms with Gasteiger partial charge in [-0.25, -0.2) is 0 Å². The Morgan fingerprint density at radius 1 is 1.19 bits per heavy atom. The first-order chi connectivity index (χ1) is 12.5. The van der Waals surface area contributed by atoms with Gasteiger partial charge in [0.15, 0.2) is 0 Å². The lowest BCUT2D eigenvalue weighted by atomic mass is 10.0. The Labute approximate surface area is 160 Å². The van der Waals surface area contributed by atoms with E-state index in [-0.39, 0.29) is 11.9 Å². The number of hydrogen-bond donors (Lipinski definition) is 1. The van der Waals surface area contributed by atoms with Crippen LogP contribution >= 0.6 is 11.6 Å². The lowest BCUT2D eigenvalue weighted by molar-refractivity contribution is 0.0906. The molecule has 5 heteroatoms. The van der Waals surface area contributed by atoms with E-state index in [2.05, 4.69) is 22.3 Å². The number of benzene rings is 2. The van der Waals surface area contributed by atoms with Crippen LogP contribution in [0.25, 0.3) is 0 Å². The van der Waals surface area contributed by atoms with Crippen LogP contribution in [0.4, 0.5) is 0 Å². The zero-order valence-corrected chi connectivity index (χ0v) is 16.1. The summed E-state index contributed by atoms with van der Waals surface area (Å²) in [6.07, 6.45) is 1.90. The van der Waals surface area contributed by atoms with Gasteiger partial charge in [0.25, 0.3) is 5.91 Å². The number of nitrogens with one attached hydrogen (secondary N) is 1. The second-order valence-electron chi connectivity index (χ2n) is 6.85. The van der Waals surface area contributed by atoms with E-state index < -0.39 is 0 Å². The van der Waals surface area contributed by atoms with Crippen molar-refractivity contribution in [2.75, 3.05) is 20.2 Å². The molecule has 0 aromatic heterocycles. The van der Waals surface area contributed by atoms with Crippen LogP contribution in [0, 0.1) is 6.92 Å². The van der Waals surface area contributed by atoms with Crippen molar-refractivity contribution in [3.8, 4) is 5.75 Å². The van der Waals surface area contributed by atoms with Crippen LogP contribution in [0.3, 0.4) is 0 Å². The maximum atomic E-state index is 12.6. The number of amides is 1. The number of ether oxygens (including phenoxy) is 1.